The van der Waals surface area contributed by atoms with Crippen LogP contribution in [-0.4, -0.2) is 129 Å². The molecular weight excluding hydrogens is 901 g/mol. The molecule has 1 spiro atoms. The highest BCUT2D eigenvalue weighted by Gasteiger charge is 2.62. The fourth-order valence-electron chi connectivity index (χ4n) is 14.9. The average molecular weight is 979 g/mol. The Morgan fingerprint density at radius 3 is 2.24 bits per heavy atom. The number of carbonyl (C=O) groups is 4. The van der Waals surface area contributed by atoms with Gasteiger partial charge in [0.05, 0.1) is 41.9 Å². The molecule has 4 aliphatic carbocycles. The number of ether oxygens (including phenoxy) is 8. The largest absolute Gasteiger partial charge is 0.463 e. The number of aliphatic hydroxyl groups is 1. The summed E-state index contributed by atoms with van der Waals surface area (Å²) in [6.07, 6.45) is 6.03. The van der Waals surface area contributed by atoms with Crippen LogP contribution in [0.2, 0.25) is 0 Å². The van der Waals surface area contributed by atoms with Gasteiger partial charge in [-0.05, 0) is 98.9 Å². The predicted molar refractivity (Wildman–Crippen MR) is 252 cm³/mol. The molecule has 1 aromatic rings. The molecule has 0 bridgehead atoms. The Hall–Kier alpha value is -3.74. The molecule has 4 aliphatic heterocycles. The number of piperidine rings is 1. The molecule has 0 amide bonds. The molecule has 9 rings (SSSR count). The number of nitrogens with zero attached hydrogens (tertiary/aromatic N) is 4. The Morgan fingerprint density at radius 2 is 1.54 bits per heavy atom. The molecule has 6 fully saturated rings. The third kappa shape index (κ3) is 9.42. The molecule has 17 heteroatoms. The number of fused-ring (bicyclic) bond motifs is 6. The van der Waals surface area contributed by atoms with Crippen LogP contribution in [0, 0.1) is 52.8 Å². The maximum Gasteiger partial charge on any atom is 0.303 e. The Kier molecular flexibility index (Phi) is 14.6. The van der Waals surface area contributed by atoms with Gasteiger partial charge in [-0.25, -0.2) is 4.68 Å². The molecule has 0 aromatic carbocycles. The third-order valence-electron chi connectivity index (χ3n) is 18.6. The third-order valence-corrected chi connectivity index (χ3v) is 18.6. The van der Waals surface area contributed by atoms with Crippen molar-refractivity contribution in [1.29, 1.82) is 0 Å². The summed E-state index contributed by atoms with van der Waals surface area (Å²) in [6, 6.07) is 0.172. The average Bonchev–Trinajstić information content (AvgIpc) is 4.00. The fourth-order valence-corrected chi connectivity index (χ4v) is 14.9. The number of aromatic nitrogens is 3. The molecule has 1 aromatic heterocycles. The van der Waals surface area contributed by atoms with Gasteiger partial charge in [0.2, 0.25) is 0 Å². The molecule has 17 nitrogen and oxygen atoms in total. The topological polar surface area (TPSA) is 196 Å². The standard InChI is InChI=1S/C53H78N4O13/c1-26-18-43-46(31(6)53(70-43)17-15-39-40-13-12-36-19-38(62)14-16-52(36,11)42(40)20-41(39)30(53)5)56(21-26)22-37-23-57(55-54-37)50-48(65-34(9)60)29(4)47(45(67-50)25-64-33(8)59)69-51-49(66-35(10)61)28(3)27(2)44(68-51)24-63-32(7)58/h12,23,26-29,31,38-40,42-51,62H,13-22,24-25H2,1-11H3/t26-,27-,28?,29?,31+,38-,39-,40-,42-,43+,44?,45?,46-,47-,48-,49-,50+,51-,52-,53-/m0/s1. The van der Waals surface area contributed by atoms with Gasteiger partial charge in [-0.2, -0.15) is 0 Å². The zero-order valence-corrected chi connectivity index (χ0v) is 43.2. The number of rotatable bonds is 11. The number of likely N-dealkylation sites (tertiary alicyclic amines) is 1. The SMILES string of the molecule is CC(=O)OCC1O[C@@H](O[C@@H]2C(COC(C)=O)O[C@@H](n3cc(CN4C[C@@H](C)C[C@H]5O[C@]6(CC[C@@H]7C(=C6C)C[C@H]6[C@H]7CC=C7C[C@@H](O)CC[C@@]76C)[C@H](C)[C@@H]54)nn3)[C@@H](OC(C)=O)C2C)[C@@H](OC(C)=O)C(C)[C@@H]1C. The lowest BCUT2D eigenvalue weighted by molar-refractivity contribution is -0.330. The van der Waals surface area contributed by atoms with Crippen LogP contribution in [0.5, 0.6) is 0 Å². The van der Waals surface area contributed by atoms with Gasteiger partial charge < -0.3 is 43.0 Å². The highest BCUT2D eigenvalue weighted by Crippen LogP contribution is 2.65. The summed E-state index contributed by atoms with van der Waals surface area (Å²) in [5, 5.41) is 19.9. The van der Waals surface area contributed by atoms with Gasteiger partial charge in [0.1, 0.15) is 19.3 Å². The second-order valence-electron chi connectivity index (χ2n) is 22.9. The minimum absolute atomic E-state index is 0.0386. The van der Waals surface area contributed by atoms with E-state index < -0.39 is 72.8 Å². The summed E-state index contributed by atoms with van der Waals surface area (Å²) in [7, 11) is 0. The molecule has 70 heavy (non-hydrogen) atoms. The van der Waals surface area contributed by atoms with Gasteiger partial charge in [-0.3, -0.25) is 24.1 Å². The molecule has 0 radical (unpaired) electrons. The summed E-state index contributed by atoms with van der Waals surface area (Å²) in [4.78, 5) is 51.9. The minimum atomic E-state index is -1.14. The lowest BCUT2D eigenvalue weighted by atomic mass is 9.56. The number of hydrogen-bond donors (Lipinski definition) is 1. The summed E-state index contributed by atoms with van der Waals surface area (Å²) >= 11 is 0. The van der Waals surface area contributed by atoms with Crippen LogP contribution in [0.4, 0.5) is 0 Å². The first-order chi connectivity index (χ1) is 33.2. The maximum absolute atomic E-state index is 12.9. The van der Waals surface area contributed by atoms with Crippen molar-refractivity contribution in [2.24, 2.45) is 52.8 Å². The molecular formula is C53H78N4O13. The Balaban J connectivity index is 0.948. The normalized spacial score (nSPS) is 43.6. The molecule has 1 N–H and O–H groups in total. The van der Waals surface area contributed by atoms with Crippen LogP contribution in [-0.2, 0) is 63.6 Å². The number of allylic oxidation sites excluding steroid dienone is 2. The van der Waals surface area contributed by atoms with Gasteiger partial charge in [0.15, 0.2) is 24.7 Å². The quantitative estimate of drug-likeness (QED) is 0.145. The second-order valence-corrected chi connectivity index (χ2v) is 22.9. The van der Waals surface area contributed by atoms with Crippen LogP contribution >= 0.6 is 0 Å². The molecule has 5 heterocycles. The number of aliphatic hydroxyl groups excluding tert-OH is 1. The predicted octanol–water partition coefficient (Wildman–Crippen LogP) is 6.41. The van der Waals surface area contributed by atoms with E-state index >= 15 is 0 Å². The first-order valence-electron chi connectivity index (χ1n) is 26.2. The lowest BCUT2D eigenvalue weighted by Gasteiger charge is -2.49. The molecule has 2 saturated carbocycles. The van der Waals surface area contributed by atoms with Crippen molar-refractivity contribution in [2.75, 3.05) is 19.8 Å². The van der Waals surface area contributed by atoms with Gasteiger partial charge >= 0.3 is 23.9 Å². The first-order valence-corrected chi connectivity index (χ1v) is 26.2. The molecule has 388 valence electrons. The lowest BCUT2D eigenvalue weighted by Crippen LogP contribution is -2.59. The van der Waals surface area contributed by atoms with E-state index in [1.165, 1.54) is 38.8 Å². The monoisotopic (exact) mass is 979 g/mol. The summed E-state index contributed by atoms with van der Waals surface area (Å²) in [5.41, 5.74) is 5.16. The Bertz CT molecular complexity index is 2210. The molecule has 20 atom stereocenters. The van der Waals surface area contributed by atoms with Crippen molar-refractivity contribution in [2.45, 2.75) is 201 Å². The van der Waals surface area contributed by atoms with Crippen LogP contribution in [0.1, 0.15) is 139 Å². The van der Waals surface area contributed by atoms with Crippen molar-refractivity contribution in [1.82, 2.24) is 19.9 Å². The highest BCUT2D eigenvalue weighted by atomic mass is 16.7. The van der Waals surface area contributed by atoms with Crippen LogP contribution in [0.3, 0.4) is 0 Å². The summed E-state index contributed by atoms with van der Waals surface area (Å²) in [6.45, 7) is 21.7. The molecule has 8 aliphatic rings. The zero-order chi connectivity index (χ0) is 50.1. The fraction of sp³-hybridized carbons (Fsp3) is 0.811. The van der Waals surface area contributed by atoms with E-state index in [9.17, 15) is 24.3 Å². The van der Waals surface area contributed by atoms with Gasteiger partial charge in [-0.15, -0.1) is 5.10 Å². The molecule has 4 saturated heterocycles. The van der Waals surface area contributed by atoms with E-state index in [-0.39, 0.29) is 60.2 Å². The smallest absolute Gasteiger partial charge is 0.303 e. The van der Waals surface area contributed by atoms with E-state index in [4.69, 9.17) is 43.0 Å². The van der Waals surface area contributed by atoms with Crippen molar-refractivity contribution in [3.05, 3.63) is 34.7 Å². The van der Waals surface area contributed by atoms with Crippen molar-refractivity contribution in [3.8, 4) is 0 Å². The first kappa shape index (κ1) is 51.2. The van der Waals surface area contributed by atoms with Crippen LogP contribution in [0.15, 0.2) is 29.0 Å². The maximum atomic E-state index is 12.9. The second kappa shape index (κ2) is 19.9. The number of hydrogen-bond acceptors (Lipinski definition) is 16. The summed E-state index contributed by atoms with van der Waals surface area (Å²) in [5.74, 6) is -0.632. The van der Waals surface area contributed by atoms with Crippen molar-refractivity contribution >= 4 is 23.9 Å². The van der Waals surface area contributed by atoms with Crippen LogP contribution in [0.25, 0.3) is 0 Å². The Labute approximate surface area is 413 Å². The van der Waals surface area contributed by atoms with E-state index in [1.807, 2.05) is 27.0 Å². The van der Waals surface area contributed by atoms with E-state index in [0.717, 1.165) is 63.6 Å². The van der Waals surface area contributed by atoms with Gasteiger partial charge in [0.25, 0.3) is 0 Å². The van der Waals surface area contributed by atoms with Crippen LogP contribution < -0.4 is 0 Å². The summed E-state index contributed by atoms with van der Waals surface area (Å²) < 4.78 is 51.6. The number of esters is 4. The zero-order valence-electron chi connectivity index (χ0n) is 43.2. The van der Waals surface area contributed by atoms with Gasteiger partial charge in [0, 0.05) is 64.6 Å². The molecule has 4 unspecified atom stereocenters. The van der Waals surface area contributed by atoms with E-state index in [1.54, 1.807) is 10.3 Å². The van der Waals surface area contributed by atoms with Crippen molar-refractivity contribution in [3.63, 3.8) is 0 Å². The van der Waals surface area contributed by atoms with E-state index in [2.05, 4.69) is 43.9 Å². The van der Waals surface area contributed by atoms with Crippen molar-refractivity contribution < 1.29 is 62.2 Å². The number of carbonyl (C=O) groups excluding carboxylic acids is 4. The van der Waals surface area contributed by atoms with E-state index in [0.29, 0.717) is 30.2 Å². The highest BCUT2D eigenvalue weighted by molar-refractivity contribution is 5.67. The van der Waals surface area contributed by atoms with Gasteiger partial charge in [-0.1, -0.05) is 64.0 Å². The Morgan fingerprint density at radius 1 is 0.843 bits per heavy atom. The minimum Gasteiger partial charge on any atom is -0.463 e.